The Labute approximate surface area is 192 Å². The molecule has 0 saturated heterocycles. The van der Waals surface area contributed by atoms with Crippen LogP contribution < -0.4 is 4.90 Å². The number of ether oxygens (including phenoxy) is 2. The van der Waals surface area contributed by atoms with Crippen molar-refractivity contribution >= 4 is 23.7 Å². The van der Waals surface area contributed by atoms with Gasteiger partial charge in [0, 0.05) is 11.3 Å². The number of rotatable bonds is 4. The Morgan fingerprint density at radius 2 is 1.91 bits per heavy atom. The van der Waals surface area contributed by atoms with Crippen molar-refractivity contribution in [2.24, 2.45) is 11.8 Å². The van der Waals surface area contributed by atoms with Gasteiger partial charge in [0.25, 0.3) is 5.91 Å². The van der Waals surface area contributed by atoms with Crippen molar-refractivity contribution in [3.05, 3.63) is 39.9 Å². The number of benzene rings is 1. The molecule has 1 aromatic rings. The molecule has 1 fully saturated rings. The van der Waals surface area contributed by atoms with Gasteiger partial charge in [-0.3, -0.25) is 19.7 Å². The Morgan fingerprint density at radius 1 is 1.30 bits per heavy atom. The molecule has 0 radical (unpaired) electrons. The third-order valence-corrected chi connectivity index (χ3v) is 6.29. The zero-order chi connectivity index (χ0) is 24.9. The molecule has 1 N–H and O–H groups in total. The number of esters is 1. The van der Waals surface area contributed by atoms with E-state index < -0.39 is 57.9 Å². The number of carbonyl (C=O) groups excluding carboxylic acids is 3. The number of hydrogen-bond acceptors (Lipinski definition) is 8. The number of fused-ring (bicyclic) bond motifs is 2. The second kappa shape index (κ2) is 8.09. The Balaban J connectivity index is 2.35. The Kier molecular flexibility index (Phi) is 6.04. The summed E-state index contributed by atoms with van der Waals surface area (Å²) < 4.78 is 10.3. The smallest absolute Gasteiger partial charge is 0.421 e. The molecule has 180 valence electrons. The topological polar surface area (TPSA) is 136 Å². The average molecular weight is 462 g/mol. The summed E-state index contributed by atoms with van der Waals surface area (Å²) in [6.07, 6.45) is -1.44. The molecular weight excluding hydrogens is 432 g/mol. The predicted molar refractivity (Wildman–Crippen MR) is 117 cm³/mol. The van der Waals surface area contributed by atoms with Crippen LogP contribution in [0.25, 0.3) is 0 Å². The van der Waals surface area contributed by atoms with Crippen molar-refractivity contribution in [2.75, 3.05) is 12.0 Å². The van der Waals surface area contributed by atoms with E-state index in [1.807, 2.05) is 0 Å². The zero-order valence-corrected chi connectivity index (χ0v) is 19.7. The van der Waals surface area contributed by atoms with Crippen molar-refractivity contribution in [1.29, 1.82) is 0 Å². The molecule has 1 aliphatic carbocycles. The van der Waals surface area contributed by atoms with Gasteiger partial charge in [0.2, 0.25) is 6.04 Å². The first-order valence-corrected chi connectivity index (χ1v) is 10.8. The molecule has 2 aliphatic rings. The van der Waals surface area contributed by atoms with Crippen LogP contribution >= 0.6 is 0 Å². The molecule has 1 aliphatic heterocycles. The fourth-order valence-electron chi connectivity index (χ4n) is 5.42. The van der Waals surface area contributed by atoms with Crippen LogP contribution in [0.1, 0.15) is 53.0 Å². The predicted octanol–water partition coefficient (Wildman–Crippen LogP) is 2.82. The lowest BCUT2D eigenvalue weighted by Gasteiger charge is -2.41. The van der Waals surface area contributed by atoms with Gasteiger partial charge in [0.15, 0.2) is 0 Å². The lowest BCUT2D eigenvalue weighted by molar-refractivity contribution is -0.528. The summed E-state index contributed by atoms with van der Waals surface area (Å²) in [6, 6.07) is 4.61. The van der Waals surface area contributed by atoms with Crippen LogP contribution in [0.2, 0.25) is 0 Å². The quantitative estimate of drug-likeness (QED) is 0.410. The third-order valence-electron chi connectivity index (χ3n) is 6.29. The monoisotopic (exact) mass is 462 g/mol. The molecule has 1 heterocycles. The summed E-state index contributed by atoms with van der Waals surface area (Å²) in [4.78, 5) is 52.4. The number of amides is 2. The summed E-state index contributed by atoms with van der Waals surface area (Å²) in [5, 5.41) is 24.0. The van der Waals surface area contributed by atoms with Crippen molar-refractivity contribution in [1.82, 2.24) is 0 Å². The van der Waals surface area contributed by atoms with Crippen LogP contribution in [0.5, 0.6) is 0 Å². The van der Waals surface area contributed by atoms with Crippen LogP contribution in [0.15, 0.2) is 24.3 Å². The molecule has 10 heteroatoms. The van der Waals surface area contributed by atoms with E-state index in [0.29, 0.717) is 0 Å². The Hall–Kier alpha value is -3.01. The minimum atomic E-state index is -2.09. The van der Waals surface area contributed by atoms with Gasteiger partial charge in [0.1, 0.15) is 16.9 Å². The van der Waals surface area contributed by atoms with Gasteiger partial charge in [0.05, 0.1) is 18.4 Å². The number of anilines is 1. The maximum Gasteiger partial charge on any atom is 0.421 e. The lowest BCUT2D eigenvalue weighted by atomic mass is 9.63. The molecule has 2 amide bonds. The highest BCUT2D eigenvalue weighted by atomic mass is 16.6. The van der Waals surface area contributed by atoms with Crippen LogP contribution in [-0.2, 0) is 24.5 Å². The van der Waals surface area contributed by atoms with E-state index in [9.17, 15) is 29.6 Å². The normalized spacial score (nSPS) is 28.8. The number of nitro groups is 1. The van der Waals surface area contributed by atoms with Gasteiger partial charge in [-0.15, -0.1) is 0 Å². The fourth-order valence-corrected chi connectivity index (χ4v) is 5.42. The highest BCUT2D eigenvalue weighted by Gasteiger charge is 2.78. The third kappa shape index (κ3) is 3.66. The SMILES string of the molecule is COC(=O)[C@@H]1[C@@H]([N+](=O)[O-])C[C@](O)(CC(C)C)[C@]12C(=O)N(C(=O)OC(C)(C)C)c1ccccc12. The number of imide groups is 1. The van der Waals surface area contributed by atoms with Gasteiger partial charge < -0.3 is 14.6 Å². The van der Waals surface area contributed by atoms with Crippen molar-refractivity contribution < 1.29 is 33.9 Å². The zero-order valence-electron chi connectivity index (χ0n) is 19.7. The molecule has 4 atom stereocenters. The summed E-state index contributed by atoms with van der Waals surface area (Å²) in [7, 11) is 1.07. The van der Waals surface area contributed by atoms with E-state index in [-0.39, 0.29) is 23.6 Å². The first-order valence-electron chi connectivity index (χ1n) is 10.8. The number of carbonyl (C=O) groups is 3. The highest BCUT2D eigenvalue weighted by molar-refractivity contribution is 6.23. The van der Waals surface area contributed by atoms with E-state index >= 15 is 0 Å². The molecule has 1 saturated carbocycles. The molecular formula is C23H30N2O8. The van der Waals surface area contributed by atoms with E-state index in [1.165, 1.54) is 12.1 Å². The van der Waals surface area contributed by atoms with Gasteiger partial charge in [-0.25, -0.2) is 9.69 Å². The van der Waals surface area contributed by atoms with Gasteiger partial charge in [-0.05, 0) is 44.7 Å². The van der Waals surface area contributed by atoms with E-state index in [4.69, 9.17) is 9.47 Å². The summed E-state index contributed by atoms with van der Waals surface area (Å²) in [6.45, 7) is 8.51. The molecule has 0 aromatic heterocycles. The number of nitrogens with zero attached hydrogens (tertiary/aromatic N) is 2. The number of methoxy groups -OCH3 is 1. The number of hydrogen-bond donors (Lipinski definition) is 1. The Bertz CT molecular complexity index is 1000. The highest BCUT2D eigenvalue weighted by Crippen LogP contribution is 2.61. The van der Waals surface area contributed by atoms with E-state index in [2.05, 4.69) is 0 Å². The summed E-state index contributed by atoms with van der Waals surface area (Å²) in [5.74, 6) is -3.74. The molecule has 1 spiro atoms. The van der Waals surface area contributed by atoms with Crippen molar-refractivity contribution in [3.63, 3.8) is 0 Å². The molecule has 0 unspecified atom stereocenters. The van der Waals surface area contributed by atoms with Crippen LogP contribution in [-0.4, -0.2) is 52.4 Å². The maximum atomic E-state index is 14.1. The number of aliphatic hydroxyl groups is 1. The maximum absolute atomic E-state index is 14.1. The van der Waals surface area contributed by atoms with Gasteiger partial charge >= 0.3 is 12.1 Å². The second-order valence-corrected chi connectivity index (χ2v) is 10.1. The van der Waals surface area contributed by atoms with Crippen molar-refractivity contribution in [2.45, 2.75) is 70.1 Å². The summed E-state index contributed by atoms with van der Waals surface area (Å²) in [5.41, 5.74) is -4.71. The van der Waals surface area contributed by atoms with E-state index in [1.54, 1.807) is 46.8 Å². The van der Waals surface area contributed by atoms with Crippen LogP contribution in [0.4, 0.5) is 10.5 Å². The number of para-hydroxylation sites is 1. The fraction of sp³-hybridized carbons (Fsp3) is 0.609. The second-order valence-electron chi connectivity index (χ2n) is 10.1. The first kappa shape index (κ1) is 24.6. The Morgan fingerprint density at radius 3 is 2.42 bits per heavy atom. The lowest BCUT2D eigenvalue weighted by Crippen LogP contribution is -2.60. The minimum Gasteiger partial charge on any atom is -0.469 e. The van der Waals surface area contributed by atoms with E-state index in [0.717, 1.165) is 12.0 Å². The molecule has 3 rings (SSSR count). The molecule has 1 aromatic carbocycles. The average Bonchev–Trinajstić information content (AvgIpc) is 3.10. The standard InChI is InChI=1S/C23H30N2O8/c1-13(2)11-22(29)12-16(25(30)31)17(18(26)32-6)23(22)14-9-7-8-10-15(14)24(19(23)27)20(28)33-21(3,4)5/h7-10,13,16-17,29H,11-12H2,1-6H3/t16-,17-,22+,23-/m0/s1. The molecule has 10 nitrogen and oxygen atoms in total. The largest absolute Gasteiger partial charge is 0.469 e. The van der Waals surface area contributed by atoms with Crippen molar-refractivity contribution in [3.8, 4) is 0 Å². The van der Waals surface area contributed by atoms with Crippen LogP contribution in [0, 0.1) is 22.0 Å². The van der Waals surface area contributed by atoms with Gasteiger partial charge in [-0.2, -0.15) is 0 Å². The first-order chi connectivity index (χ1) is 15.2. The molecule has 0 bridgehead atoms. The van der Waals surface area contributed by atoms with Crippen LogP contribution in [0.3, 0.4) is 0 Å². The minimum absolute atomic E-state index is 0.00688. The van der Waals surface area contributed by atoms with Gasteiger partial charge in [-0.1, -0.05) is 32.0 Å². The summed E-state index contributed by atoms with van der Waals surface area (Å²) >= 11 is 0. The molecule has 33 heavy (non-hydrogen) atoms.